The van der Waals surface area contributed by atoms with Crippen LogP contribution in [0.3, 0.4) is 0 Å². The van der Waals surface area contributed by atoms with E-state index in [2.05, 4.69) is 39.2 Å². The third-order valence-corrected chi connectivity index (χ3v) is 11.6. The van der Waals surface area contributed by atoms with Crippen molar-refractivity contribution >= 4 is 38.7 Å². The normalized spacial score (nSPS) is 20.7. The van der Waals surface area contributed by atoms with Crippen LogP contribution in [0.25, 0.3) is 10.6 Å². The Morgan fingerprint density at radius 2 is 1.93 bits per heavy atom. The van der Waals surface area contributed by atoms with Crippen LogP contribution in [0.5, 0.6) is 0 Å². The highest BCUT2D eigenvalue weighted by Crippen LogP contribution is 2.46. The second-order valence-electron chi connectivity index (χ2n) is 11.5. The van der Waals surface area contributed by atoms with Crippen molar-refractivity contribution in [1.29, 1.82) is 0 Å². The Morgan fingerprint density at radius 3 is 2.60 bits per heavy atom. The number of ether oxygens (including phenoxy) is 1. The quantitative estimate of drug-likeness (QED) is 0.411. The highest BCUT2D eigenvalue weighted by Gasteiger charge is 2.41. The number of rotatable bonds is 6. The molecule has 1 saturated heterocycles. The maximum atomic E-state index is 14.2. The lowest BCUT2D eigenvalue weighted by atomic mass is 9.94. The van der Waals surface area contributed by atoms with Gasteiger partial charge in [-0.25, -0.2) is 18.4 Å². The Bertz CT molecular complexity index is 1720. The molecule has 228 valence electrons. The van der Waals surface area contributed by atoms with Crippen molar-refractivity contribution in [3.8, 4) is 10.6 Å². The van der Waals surface area contributed by atoms with Crippen molar-refractivity contribution in [2.75, 3.05) is 43.9 Å². The van der Waals surface area contributed by atoms with Crippen molar-refractivity contribution in [3.63, 3.8) is 0 Å². The molecule has 1 N–H and O–H groups in total. The summed E-state index contributed by atoms with van der Waals surface area (Å²) in [6, 6.07) is 5.16. The van der Waals surface area contributed by atoms with Gasteiger partial charge < -0.3 is 15.0 Å². The number of hydrogen-bond acceptors (Lipinski definition) is 9. The number of halogens is 3. The van der Waals surface area contributed by atoms with E-state index in [0.717, 1.165) is 73.7 Å². The summed E-state index contributed by atoms with van der Waals surface area (Å²) in [6.07, 6.45) is -1.13. The van der Waals surface area contributed by atoms with E-state index in [-0.39, 0.29) is 38.9 Å². The zero-order valence-corrected chi connectivity index (χ0v) is 25.0. The van der Waals surface area contributed by atoms with Gasteiger partial charge in [-0.1, -0.05) is 13.0 Å². The molecule has 5 heterocycles. The van der Waals surface area contributed by atoms with Gasteiger partial charge in [-0.05, 0) is 60.5 Å². The molecule has 1 aliphatic carbocycles. The zero-order valence-electron chi connectivity index (χ0n) is 23.4. The van der Waals surface area contributed by atoms with Gasteiger partial charge in [-0.3, -0.25) is 9.69 Å². The average Bonchev–Trinajstić information content (AvgIpc) is 3.70. The summed E-state index contributed by atoms with van der Waals surface area (Å²) >= 11 is 0.718. The molecule has 1 saturated carbocycles. The molecule has 1 aromatic carbocycles. The van der Waals surface area contributed by atoms with E-state index < -0.39 is 33.2 Å². The topological polar surface area (TPSA) is 105 Å². The van der Waals surface area contributed by atoms with Gasteiger partial charge in [0, 0.05) is 31.5 Å². The van der Waals surface area contributed by atoms with Crippen LogP contribution in [0.1, 0.15) is 57.6 Å². The summed E-state index contributed by atoms with van der Waals surface area (Å²) in [6.45, 7) is 5.49. The molecule has 3 aromatic rings. The first-order valence-electron chi connectivity index (χ1n) is 14.4. The standard InChI is InChI=1S/C29H30F3N5O4S2/c1-2-36-6-5-17-10-22(20(16-3-4-16)9-18(17)13-36)34-28-33-12-21(29(30,31)32)25(35-28)23-11-24-26(42-23)27(38)37(19-14-41-15-19)7-8-43(24,39)40/h9-12,16,19H,2-8,13-15H2,1H3,(H,33,34,35). The van der Waals surface area contributed by atoms with Gasteiger partial charge in [0.15, 0.2) is 9.84 Å². The van der Waals surface area contributed by atoms with E-state index in [9.17, 15) is 26.4 Å². The molecule has 14 heteroatoms. The van der Waals surface area contributed by atoms with Crippen molar-refractivity contribution in [2.24, 2.45) is 0 Å². The summed E-state index contributed by atoms with van der Waals surface area (Å²) < 4.78 is 74.1. The van der Waals surface area contributed by atoms with Crippen molar-refractivity contribution < 1.29 is 31.1 Å². The Hall–Kier alpha value is -3.07. The van der Waals surface area contributed by atoms with E-state index in [4.69, 9.17) is 4.74 Å². The fourth-order valence-corrected chi connectivity index (χ4v) is 8.86. The predicted octanol–water partition coefficient (Wildman–Crippen LogP) is 4.85. The number of likely N-dealkylation sites (N-methyl/N-ethyl adjacent to an activating group) is 1. The summed E-state index contributed by atoms with van der Waals surface area (Å²) in [4.78, 5) is 25.1. The van der Waals surface area contributed by atoms with Crippen LogP contribution >= 0.6 is 11.3 Å². The van der Waals surface area contributed by atoms with Crippen LogP contribution in [0.4, 0.5) is 24.8 Å². The van der Waals surface area contributed by atoms with Crippen molar-refractivity contribution in [3.05, 3.63) is 51.5 Å². The van der Waals surface area contributed by atoms with Crippen LogP contribution in [0, 0.1) is 0 Å². The Labute approximate surface area is 251 Å². The van der Waals surface area contributed by atoms with Gasteiger partial charge in [0.25, 0.3) is 5.91 Å². The fraction of sp³-hybridized carbons (Fsp3) is 0.483. The number of nitrogens with one attached hydrogen (secondary N) is 1. The Kier molecular flexibility index (Phi) is 7.02. The number of sulfone groups is 1. The van der Waals surface area contributed by atoms with E-state index >= 15 is 0 Å². The lowest BCUT2D eigenvalue weighted by molar-refractivity contribution is -0.137. The molecule has 3 aliphatic heterocycles. The first-order valence-corrected chi connectivity index (χ1v) is 16.8. The molecule has 43 heavy (non-hydrogen) atoms. The number of aromatic nitrogens is 2. The number of fused-ring (bicyclic) bond motifs is 2. The van der Waals surface area contributed by atoms with E-state index in [1.54, 1.807) is 0 Å². The molecule has 2 aromatic heterocycles. The first kappa shape index (κ1) is 28.7. The van der Waals surface area contributed by atoms with Gasteiger partial charge in [-0.15, -0.1) is 11.3 Å². The maximum Gasteiger partial charge on any atom is 0.420 e. The average molecular weight is 634 g/mol. The molecule has 0 atom stereocenters. The molecule has 1 amide bonds. The minimum absolute atomic E-state index is 0.00187. The largest absolute Gasteiger partial charge is 0.420 e. The molecule has 2 fully saturated rings. The number of hydrogen-bond donors (Lipinski definition) is 1. The van der Waals surface area contributed by atoms with Gasteiger partial charge in [0.2, 0.25) is 5.95 Å². The fourth-order valence-electron chi connectivity index (χ4n) is 5.94. The molecule has 9 nitrogen and oxygen atoms in total. The first-order chi connectivity index (χ1) is 20.5. The third-order valence-electron chi connectivity index (χ3n) is 8.65. The molecule has 0 bridgehead atoms. The number of thiophene rings is 1. The Balaban J connectivity index is 1.29. The van der Waals surface area contributed by atoms with E-state index in [1.165, 1.54) is 16.0 Å². The second-order valence-corrected chi connectivity index (χ2v) is 14.6. The summed E-state index contributed by atoms with van der Waals surface area (Å²) in [7, 11) is -3.92. The minimum atomic E-state index is -4.80. The number of carbonyl (C=O) groups excluding carboxylic acids is 1. The van der Waals surface area contributed by atoms with Gasteiger partial charge >= 0.3 is 6.18 Å². The highest BCUT2D eigenvalue weighted by atomic mass is 32.2. The SMILES string of the molecule is CCN1CCc2cc(Nc3ncc(C(F)(F)F)c(-c4cc5c(s4)C(=O)N(C4COC4)CCS5(=O)=O)n3)c(C3CC3)cc2C1. The minimum Gasteiger partial charge on any atom is -0.377 e. The number of carbonyl (C=O) groups is 1. The number of benzene rings is 1. The van der Waals surface area contributed by atoms with Gasteiger partial charge in [-0.2, -0.15) is 13.2 Å². The lowest BCUT2D eigenvalue weighted by Gasteiger charge is -2.36. The van der Waals surface area contributed by atoms with E-state index in [0.29, 0.717) is 19.1 Å². The predicted molar refractivity (Wildman–Crippen MR) is 154 cm³/mol. The van der Waals surface area contributed by atoms with Crippen LogP contribution in [-0.4, -0.2) is 78.7 Å². The highest BCUT2D eigenvalue weighted by molar-refractivity contribution is 7.91. The van der Waals surface area contributed by atoms with Crippen molar-refractivity contribution in [1.82, 2.24) is 19.8 Å². The Morgan fingerprint density at radius 1 is 1.14 bits per heavy atom. The van der Waals surface area contributed by atoms with E-state index in [1.807, 2.05) is 0 Å². The monoisotopic (exact) mass is 633 g/mol. The van der Waals surface area contributed by atoms with Crippen molar-refractivity contribution in [2.45, 2.75) is 55.8 Å². The summed E-state index contributed by atoms with van der Waals surface area (Å²) in [5.41, 5.74) is 2.76. The van der Waals surface area contributed by atoms with Crippen LogP contribution in [0.2, 0.25) is 0 Å². The van der Waals surface area contributed by atoms with Gasteiger partial charge in [0.05, 0.1) is 40.5 Å². The zero-order chi connectivity index (χ0) is 30.1. The number of anilines is 2. The number of nitrogens with zero attached hydrogens (tertiary/aromatic N) is 4. The summed E-state index contributed by atoms with van der Waals surface area (Å²) in [5.74, 6) is -0.500. The lowest BCUT2D eigenvalue weighted by Crippen LogP contribution is -2.52. The molecule has 7 rings (SSSR count). The number of alkyl halides is 3. The van der Waals surface area contributed by atoms with Gasteiger partial charge in [0.1, 0.15) is 10.4 Å². The van der Waals surface area contributed by atoms with Crippen LogP contribution in [-0.2, 0) is 33.7 Å². The number of amides is 1. The summed E-state index contributed by atoms with van der Waals surface area (Å²) in [5, 5.41) is 3.19. The second kappa shape index (κ2) is 10.5. The smallest absolute Gasteiger partial charge is 0.377 e. The van der Waals surface area contributed by atoms with Crippen LogP contribution in [0.15, 0.2) is 29.3 Å². The molecular weight excluding hydrogens is 603 g/mol. The molecule has 0 unspecified atom stereocenters. The van der Waals surface area contributed by atoms with Crippen LogP contribution < -0.4 is 5.32 Å². The molecular formula is C29H30F3N5O4S2. The third kappa shape index (κ3) is 5.32. The maximum absolute atomic E-state index is 14.2. The molecule has 0 spiro atoms. The molecule has 4 aliphatic rings. The molecule has 0 radical (unpaired) electrons.